The van der Waals surface area contributed by atoms with Crippen LogP contribution in [0.2, 0.25) is 0 Å². The summed E-state index contributed by atoms with van der Waals surface area (Å²) in [5.41, 5.74) is 9.75. The zero-order valence-corrected chi connectivity index (χ0v) is 25.2. The number of rotatable bonds is 5. The van der Waals surface area contributed by atoms with Gasteiger partial charge in [-0.3, -0.25) is 0 Å². The average Bonchev–Trinajstić information content (AvgIpc) is 3.68. The summed E-state index contributed by atoms with van der Waals surface area (Å²) in [5.74, 6) is 0. The Balaban J connectivity index is 1.35. The fraction of sp³-hybridized carbons (Fsp3) is 0. The Kier molecular flexibility index (Phi) is 6.03. The molecule has 212 valence electrons. The van der Waals surface area contributed by atoms with Crippen LogP contribution in [-0.4, -0.2) is 0 Å². The molecule has 2 nitrogen and oxygen atoms in total. The van der Waals surface area contributed by atoms with Crippen molar-refractivity contribution in [1.82, 2.24) is 0 Å². The van der Waals surface area contributed by atoms with Crippen LogP contribution in [0.3, 0.4) is 0 Å². The second-order valence-electron chi connectivity index (χ2n) is 11.3. The third-order valence-corrected chi connectivity index (χ3v) is 9.84. The van der Waals surface area contributed by atoms with Crippen LogP contribution in [0.1, 0.15) is 0 Å². The number of furan rings is 1. The van der Waals surface area contributed by atoms with Crippen LogP contribution in [0.5, 0.6) is 0 Å². The van der Waals surface area contributed by atoms with Gasteiger partial charge in [-0.25, -0.2) is 0 Å². The molecule has 0 amide bonds. The van der Waals surface area contributed by atoms with E-state index < -0.39 is 0 Å². The van der Waals surface area contributed by atoms with Gasteiger partial charge in [0, 0.05) is 36.7 Å². The van der Waals surface area contributed by atoms with Gasteiger partial charge in [0.1, 0.15) is 11.2 Å². The fourth-order valence-electron chi connectivity index (χ4n) is 6.67. The highest BCUT2D eigenvalue weighted by atomic mass is 32.1. The predicted octanol–water partition coefficient (Wildman–Crippen LogP) is 12.8. The van der Waals surface area contributed by atoms with Crippen LogP contribution in [0, 0.1) is 0 Å². The van der Waals surface area contributed by atoms with Gasteiger partial charge >= 0.3 is 0 Å². The first-order valence-electron chi connectivity index (χ1n) is 15.2. The molecule has 2 aromatic heterocycles. The normalized spacial score (nSPS) is 11.6. The lowest BCUT2D eigenvalue weighted by molar-refractivity contribution is 0.669. The third kappa shape index (κ3) is 4.24. The number of hydrogen-bond acceptors (Lipinski definition) is 3. The Bertz CT molecular complexity index is 2510. The molecule has 9 aromatic rings. The number of hydrogen-bond donors (Lipinski definition) is 0. The minimum atomic E-state index is 0.875. The van der Waals surface area contributed by atoms with Crippen LogP contribution in [0.4, 0.5) is 17.1 Å². The monoisotopic (exact) mass is 593 g/mol. The zero-order valence-electron chi connectivity index (χ0n) is 24.4. The first-order chi connectivity index (χ1) is 22.3. The maximum atomic E-state index is 6.40. The number of nitrogens with zero attached hydrogens (tertiary/aromatic N) is 1. The van der Waals surface area contributed by atoms with Gasteiger partial charge in [-0.15, -0.1) is 11.3 Å². The Labute approximate surface area is 265 Å². The van der Waals surface area contributed by atoms with Gasteiger partial charge in [0.05, 0.1) is 22.4 Å². The van der Waals surface area contributed by atoms with Crippen LogP contribution >= 0.6 is 11.3 Å². The Morgan fingerprint density at radius 3 is 1.82 bits per heavy atom. The van der Waals surface area contributed by atoms with Gasteiger partial charge in [-0.1, -0.05) is 115 Å². The maximum Gasteiger partial charge on any atom is 0.137 e. The van der Waals surface area contributed by atoms with Gasteiger partial charge in [-0.05, 0) is 59.7 Å². The second kappa shape index (κ2) is 10.5. The summed E-state index contributed by atoms with van der Waals surface area (Å²) < 4.78 is 9.02. The Morgan fingerprint density at radius 1 is 0.400 bits per heavy atom. The average molecular weight is 594 g/mol. The summed E-state index contributed by atoms with van der Waals surface area (Å²) in [6.45, 7) is 0. The molecule has 0 radical (unpaired) electrons. The van der Waals surface area contributed by atoms with Crippen LogP contribution in [0.25, 0.3) is 64.4 Å². The number of thiophene rings is 1. The van der Waals surface area contributed by atoms with Gasteiger partial charge < -0.3 is 9.32 Å². The molecular weight excluding hydrogens is 567 g/mol. The molecule has 7 aromatic carbocycles. The van der Waals surface area contributed by atoms with Gasteiger partial charge in [0.2, 0.25) is 0 Å². The van der Waals surface area contributed by atoms with E-state index in [-0.39, 0.29) is 0 Å². The van der Waals surface area contributed by atoms with Crippen molar-refractivity contribution in [2.24, 2.45) is 0 Å². The van der Waals surface area contributed by atoms with E-state index in [1.54, 1.807) is 0 Å². The first kappa shape index (κ1) is 25.8. The zero-order chi connectivity index (χ0) is 29.7. The van der Waals surface area contributed by atoms with Crippen LogP contribution in [0.15, 0.2) is 168 Å². The lowest BCUT2D eigenvalue weighted by Crippen LogP contribution is -2.12. The van der Waals surface area contributed by atoms with Crippen molar-refractivity contribution in [1.29, 1.82) is 0 Å². The molecule has 0 saturated carbocycles. The van der Waals surface area contributed by atoms with Crippen molar-refractivity contribution >= 4 is 70.5 Å². The molecule has 0 unspecified atom stereocenters. The van der Waals surface area contributed by atoms with Crippen molar-refractivity contribution < 1.29 is 4.42 Å². The SMILES string of the molecule is c1ccc(-c2ccccc2N(c2ccccc2-c2ccc3sc4ccccc4c3c2)c2cccc3oc4ccccc4c23)cc1. The largest absolute Gasteiger partial charge is 0.456 e. The summed E-state index contributed by atoms with van der Waals surface area (Å²) in [6.07, 6.45) is 0. The van der Waals surface area contributed by atoms with E-state index in [1.165, 1.54) is 36.9 Å². The Hall–Kier alpha value is -5.64. The number of benzene rings is 7. The molecular formula is C42H27NOS. The summed E-state index contributed by atoms with van der Waals surface area (Å²) in [5, 5.41) is 4.80. The van der Waals surface area contributed by atoms with Crippen LogP contribution in [-0.2, 0) is 0 Å². The quantitative estimate of drug-likeness (QED) is 0.197. The minimum absolute atomic E-state index is 0.875. The summed E-state index contributed by atoms with van der Waals surface area (Å²) >= 11 is 1.85. The molecule has 0 bridgehead atoms. The first-order valence-corrected chi connectivity index (χ1v) is 16.0. The van der Waals surface area contributed by atoms with Crippen LogP contribution < -0.4 is 4.90 Å². The van der Waals surface area contributed by atoms with Crippen molar-refractivity contribution in [3.05, 3.63) is 164 Å². The molecule has 3 heteroatoms. The van der Waals surface area contributed by atoms with Gasteiger partial charge in [-0.2, -0.15) is 0 Å². The molecule has 0 atom stereocenters. The van der Waals surface area contributed by atoms with E-state index in [1.807, 2.05) is 17.4 Å². The number of anilines is 3. The molecule has 0 saturated heterocycles. The molecule has 0 aliphatic carbocycles. The lowest BCUT2D eigenvalue weighted by atomic mass is 9.97. The van der Waals surface area contributed by atoms with E-state index in [4.69, 9.17) is 4.42 Å². The fourth-order valence-corrected chi connectivity index (χ4v) is 7.75. The number of para-hydroxylation sites is 3. The number of fused-ring (bicyclic) bond motifs is 6. The summed E-state index contributed by atoms with van der Waals surface area (Å²) in [7, 11) is 0. The predicted molar refractivity (Wildman–Crippen MR) is 192 cm³/mol. The topological polar surface area (TPSA) is 16.4 Å². The molecule has 0 aliphatic heterocycles. The minimum Gasteiger partial charge on any atom is -0.456 e. The summed E-state index contributed by atoms with van der Waals surface area (Å²) in [6, 6.07) is 58.5. The Morgan fingerprint density at radius 2 is 1.00 bits per heavy atom. The maximum absolute atomic E-state index is 6.40. The van der Waals surface area contributed by atoms with Crippen molar-refractivity contribution in [2.45, 2.75) is 0 Å². The van der Waals surface area contributed by atoms with E-state index in [0.29, 0.717) is 0 Å². The van der Waals surface area contributed by atoms with Crippen molar-refractivity contribution in [3.63, 3.8) is 0 Å². The van der Waals surface area contributed by atoms with E-state index >= 15 is 0 Å². The standard InChI is InChI=1S/C42H27NOS/c1-2-13-28(14-3-1)30-15-4-8-19-35(30)43(37-21-12-23-39-42(37)33-18-6-10-22-38(33)44-39)36-20-9-5-16-31(36)29-25-26-41-34(27-29)32-17-7-11-24-40(32)45-41/h1-27H. The van der Waals surface area contributed by atoms with Gasteiger partial charge in [0.25, 0.3) is 0 Å². The highest BCUT2D eigenvalue weighted by Gasteiger charge is 2.24. The van der Waals surface area contributed by atoms with Gasteiger partial charge in [0.15, 0.2) is 0 Å². The van der Waals surface area contributed by atoms with E-state index in [0.717, 1.165) is 44.6 Å². The second-order valence-corrected chi connectivity index (χ2v) is 12.4. The molecule has 9 rings (SSSR count). The smallest absolute Gasteiger partial charge is 0.137 e. The van der Waals surface area contributed by atoms with E-state index in [2.05, 4.69) is 163 Å². The highest BCUT2D eigenvalue weighted by molar-refractivity contribution is 7.25. The summed E-state index contributed by atoms with van der Waals surface area (Å²) in [4.78, 5) is 2.43. The van der Waals surface area contributed by atoms with Crippen molar-refractivity contribution in [2.75, 3.05) is 4.90 Å². The molecule has 0 spiro atoms. The molecule has 0 aliphatic rings. The molecule has 45 heavy (non-hydrogen) atoms. The lowest BCUT2D eigenvalue weighted by Gasteiger charge is -2.30. The molecule has 0 fully saturated rings. The van der Waals surface area contributed by atoms with Crippen molar-refractivity contribution in [3.8, 4) is 22.3 Å². The molecule has 2 heterocycles. The highest BCUT2D eigenvalue weighted by Crippen LogP contribution is 2.48. The third-order valence-electron chi connectivity index (χ3n) is 8.68. The van der Waals surface area contributed by atoms with E-state index in [9.17, 15) is 0 Å². The molecule has 0 N–H and O–H groups in total.